The van der Waals surface area contributed by atoms with Gasteiger partial charge in [-0.25, -0.2) is 4.79 Å². The molecule has 1 atom stereocenters. The summed E-state index contributed by atoms with van der Waals surface area (Å²) < 4.78 is 10.7. The highest BCUT2D eigenvalue weighted by molar-refractivity contribution is 6.30. The summed E-state index contributed by atoms with van der Waals surface area (Å²) in [5.41, 5.74) is 1.24. The van der Waals surface area contributed by atoms with E-state index in [-0.39, 0.29) is 11.3 Å². The molecule has 0 spiro atoms. The minimum absolute atomic E-state index is 0.0727. The normalized spacial score (nSPS) is 16.7. The van der Waals surface area contributed by atoms with Crippen LogP contribution < -0.4 is 4.74 Å². The van der Waals surface area contributed by atoms with Crippen LogP contribution >= 0.6 is 11.6 Å². The summed E-state index contributed by atoms with van der Waals surface area (Å²) in [7, 11) is 1.27. The summed E-state index contributed by atoms with van der Waals surface area (Å²) in [5.74, 6) is -0.256. The maximum Gasteiger partial charge on any atom is 0.341 e. The zero-order valence-electron chi connectivity index (χ0n) is 11.7. The maximum absolute atomic E-state index is 12.1. The van der Waals surface area contributed by atoms with Gasteiger partial charge in [-0.15, -0.1) is 0 Å². The van der Waals surface area contributed by atoms with Gasteiger partial charge < -0.3 is 14.6 Å². The minimum atomic E-state index is -0.750. The van der Waals surface area contributed by atoms with E-state index in [2.05, 4.69) is 0 Å². The molecule has 112 valence electrons. The molecule has 2 aromatic carbocycles. The first-order chi connectivity index (χ1) is 10.6. The fourth-order valence-electron chi connectivity index (χ4n) is 2.41. The predicted octanol–water partition coefficient (Wildman–Crippen LogP) is 3.92. The van der Waals surface area contributed by atoms with Crippen molar-refractivity contribution in [2.45, 2.75) is 6.10 Å². The molecule has 1 N–H and O–H groups in total. The van der Waals surface area contributed by atoms with Gasteiger partial charge >= 0.3 is 5.97 Å². The van der Waals surface area contributed by atoms with E-state index in [9.17, 15) is 9.90 Å². The van der Waals surface area contributed by atoms with Crippen LogP contribution in [0, 0.1) is 0 Å². The second-order valence-corrected chi connectivity index (χ2v) is 5.24. The summed E-state index contributed by atoms with van der Waals surface area (Å²) in [6.07, 6.45) is -0.750. The van der Waals surface area contributed by atoms with Gasteiger partial charge in [-0.05, 0) is 29.8 Å². The Hall–Kier alpha value is -2.46. The largest absolute Gasteiger partial charge is 0.506 e. The Morgan fingerprint density at radius 3 is 2.55 bits per heavy atom. The van der Waals surface area contributed by atoms with Gasteiger partial charge in [0.25, 0.3) is 0 Å². The quantitative estimate of drug-likeness (QED) is 0.853. The topological polar surface area (TPSA) is 55.8 Å². The highest BCUT2D eigenvalue weighted by atomic mass is 35.5. The number of rotatable bonds is 2. The average molecular weight is 317 g/mol. The highest BCUT2D eigenvalue weighted by Crippen LogP contribution is 2.41. The van der Waals surface area contributed by atoms with Gasteiger partial charge in [0.15, 0.2) is 6.10 Å². The smallest absolute Gasteiger partial charge is 0.341 e. The maximum atomic E-state index is 12.1. The van der Waals surface area contributed by atoms with Crippen molar-refractivity contribution in [3.8, 4) is 5.75 Å². The predicted molar refractivity (Wildman–Crippen MR) is 82.8 cm³/mol. The lowest BCUT2D eigenvalue weighted by atomic mass is 9.94. The van der Waals surface area contributed by atoms with Crippen molar-refractivity contribution in [3.05, 3.63) is 70.3 Å². The molecule has 1 heterocycles. The number of carbonyl (C=O) groups excluding carboxylic acids is 1. The van der Waals surface area contributed by atoms with Crippen LogP contribution in [0.2, 0.25) is 5.02 Å². The fraction of sp³-hybridized carbons (Fsp3) is 0.118. The van der Waals surface area contributed by atoms with Crippen molar-refractivity contribution in [2.24, 2.45) is 0 Å². The van der Waals surface area contributed by atoms with E-state index >= 15 is 0 Å². The molecule has 1 unspecified atom stereocenters. The number of hydrogen-bond donors (Lipinski definition) is 1. The van der Waals surface area contributed by atoms with Crippen LogP contribution in [0.1, 0.15) is 17.2 Å². The summed E-state index contributed by atoms with van der Waals surface area (Å²) >= 11 is 5.89. The number of aliphatic hydroxyl groups is 1. The Kier molecular flexibility index (Phi) is 3.77. The standard InChI is InChI=1S/C17H13ClO4/c1-21-17(20)14-15(19)12-4-2-3-5-13(12)22-16(14)10-6-8-11(18)9-7-10/h2-9,16,19H,1H3. The van der Waals surface area contributed by atoms with Gasteiger partial charge in [0.2, 0.25) is 0 Å². The Bertz CT molecular complexity index is 750. The van der Waals surface area contributed by atoms with E-state index in [4.69, 9.17) is 21.1 Å². The molecule has 0 bridgehead atoms. The number of methoxy groups -OCH3 is 1. The second-order valence-electron chi connectivity index (χ2n) is 4.80. The lowest BCUT2D eigenvalue weighted by Crippen LogP contribution is -2.23. The SMILES string of the molecule is COC(=O)C1=C(O)c2ccccc2OC1c1ccc(Cl)cc1. The molecule has 2 aromatic rings. The molecule has 0 fully saturated rings. The first-order valence-corrected chi connectivity index (χ1v) is 7.02. The van der Waals surface area contributed by atoms with Crippen LogP contribution in [0.15, 0.2) is 54.1 Å². The fourth-order valence-corrected chi connectivity index (χ4v) is 2.53. The number of esters is 1. The highest BCUT2D eigenvalue weighted by Gasteiger charge is 2.35. The molecule has 0 radical (unpaired) electrons. The van der Waals surface area contributed by atoms with E-state index in [1.54, 1.807) is 48.5 Å². The first-order valence-electron chi connectivity index (χ1n) is 6.64. The molecule has 1 aliphatic rings. The van der Waals surface area contributed by atoms with Crippen molar-refractivity contribution in [3.63, 3.8) is 0 Å². The molecule has 0 amide bonds. The van der Waals surface area contributed by atoms with Gasteiger partial charge in [-0.3, -0.25) is 0 Å². The molecule has 0 saturated heterocycles. The Morgan fingerprint density at radius 1 is 1.18 bits per heavy atom. The zero-order valence-corrected chi connectivity index (χ0v) is 12.5. The van der Waals surface area contributed by atoms with Gasteiger partial charge in [0.05, 0.1) is 12.7 Å². The summed E-state index contributed by atoms with van der Waals surface area (Å²) in [6.45, 7) is 0. The third-order valence-electron chi connectivity index (χ3n) is 3.48. The Morgan fingerprint density at radius 2 is 1.86 bits per heavy atom. The van der Waals surface area contributed by atoms with E-state index in [1.807, 2.05) is 0 Å². The zero-order chi connectivity index (χ0) is 15.7. The van der Waals surface area contributed by atoms with Gasteiger partial charge in [0.1, 0.15) is 17.1 Å². The molecular formula is C17H13ClO4. The second kappa shape index (κ2) is 5.73. The van der Waals surface area contributed by atoms with Gasteiger partial charge in [-0.1, -0.05) is 35.9 Å². The number of benzene rings is 2. The molecule has 0 aromatic heterocycles. The van der Waals surface area contributed by atoms with Crippen LogP contribution in [-0.2, 0) is 9.53 Å². The molecule has 0 aliphatic carbocycles. The number of ether oxygens (including phenoxy) is 2. The molecule has 4 nitrogen and oxygen atoms in total. The first kappa shape index (κ1) is 14.5. The van der Waals surface area contributed by atoms with E-state index in [0.29, 0.717) is 21.9 Å². The molecule has 22 heavy (non-hydrogen) atoms. The van der Waals surface area contributed by atoms with Crippen molar-refractivity contribution >= 4 is 23.3 Å². The number of halogens is 1. The number of para-hydroxylation sites is 1. The molecule has 5 heteroatoms. The van der Waals surface area contributed by atoms with Gasteiger partial charge in [0, 0.05) is 5.02 Å². The minimum Gasteiger partial charge on any atom is -0.506 e. The van der Waals surface area contributed by atoms with Crippen molar-refractivity contribution in [1.82, 2.24) is 0 Å². The Balaban J connectivity index is 2.16. The number of hydrogen-bond acceptors (Lipinski definition) is 4. The van der Waals surface area contributed by atoms with Crippen LogP contribution in [0.4, 0.5) is 0 Å². The molecular weight excluding hydrogens is 304 g/mol. The summed E-state index contributed by atoms with van der Waals surface area (Å²) in [6, 6.07) is 13.9. The third kappa shape index (κ3) is 2.42. The summed E-state index contributed by atoms with van der Waals surface area (Å²) in [4.78, 5) is 12.1. The summed E-state index contributed by atoms with van der Waals surface area (Å²) in [5, 5.41) is 11.1. The third-order valence-corrected chi connectivity index (χ3v) is 3.73. The molecule has 3 rings (SSSR count). The van der Waals surface area contributed by atoms with Crippen molar-refractivity contribution in [2.75, 3.05) is 7.11 Å². The van der Waals surface area contributed by atoms with Crippen LogP contribution in [0.3, 0.4) is 0 Å². The Labute approximate surface area is 132 Å². The molecule has 1 aliphatic heterocycles. The number of aliphatic hydroxyl groups excluding tert-OH is 1. The van der Waals surface area contributed by atoms with E-state index in [1.165, 1.54) is 7.11 Å². The van der Waals surface area contributed by atoms with E-state index in [0.717, 1.165) is 0 Å². The van der Waals surface area contributed by atoms with Crippen LogP contribution in [0.25, 0.3) is 5.76 Å². The monoisotopic (exact) mass is 316 g/mol. The lowest BCUT2D eigenvalue weighted by molar-refractivity contribution is -0.137. The lowest BCUT2D eigenvalue weighted by Gasteiger charge is -2.27. The van der Waals surface area contributed by atoms with Crippen molar-refractivity contribution < 1.29 is 19.4 Å². The van der Waals surface area contributed by atoms with Crippen molar-refractivity contribution in [1.29, 1.82) is 0 Å². The number of carbonyl (C=O) groups is 1. The van der Waals surface area contributed by atoms with Gasteiger partial charge in [-0.2, -0.15) is 0 Å². The van der Waals surface area contributed by atoms with Crippen LogP contribution in [-0.4, -0.2) is 18.2 Å². The van der Waals surface area contributed by atoms with E-state index < -0.39 is 12.1 Å². The average Bonchev–Trinajstić information content (AvgIpc) is 2.55. The number of fused-ring (bicyclic) bond motifs is 1. The van der Waals surface area contributed by atoms with Crippen LogP contribution in [0.5, 0.6) is 5.75 Å². The molecule has 0 saturated carbocycles.